The maximum atomic E-state index is 12.3. The van der Waals surface area contributed by atoms with Gasteiger partial charge in [-0.15, -0.1) is 17.9 Å². The van der Waals surface area contributed by atoms with E-state index in [2.05, 4.69) is 6.58 Å². The predicted molar refractivity (Wildman–Crippen MR) is 120 cm³/mol. The van der Waals surface area contributed by atoms with Crippen molar-refractivity contribution in [3.05, 3.63) is 99.2 Å². The SMILES string of the molecule is C=CCc1ccccc1OCc1cc(/C=C/C(=O)c2ccc(Cl)s2)ccc1OC. The van der Waals surface area contributed by atoms with Crippen LogP contribution in [0, 0.1) is 0 Å². The van der Waals surface area contributed by atoms with Crippen LogP contribution in [-0.2, 0) is 13.0 Å². The van der Waals surface area contributed by atoms with Gasteiger partial charge in [0.25, 0.3) is 0 Å². The van der Waals surface area contributed by atoms with Crippen molar-refractivity contribution >= 4 is 34.8 Å². The fraction of sp³-hybridized carbons (Fsp3) is 0.125. The second kappa shape index (κ2) is 10.1. The highest BCUT2D eigenvalue weighted by Crippen LogP contribution is 2.26. The molecule has 0 fully saturated rings. The molecule has 0 bridgehead atoms. The third kappa shape index (κ3) is 5.59. The molecule has 5 heteroatoms. The molecule has 0 unspecified atom stereocenters. The van der Waals surface area contributed by atoms with Gasteiger partial charge in [0.2, 0.25) is 0 Å². The van der Waals surface area contributed by atoms with Crippen LogP contribution in [0.4, 0.5) is 0 Å². The van der Waals surface area contributed by atoms with Gasteiger partial charge in [-0.3, -0.25) is 4.79 Å². The lowest BCUT2D eigenvalue weighted by Gasteiger charge is -2.13. The minimum Gasteiger partial charge on any atom is -0.496 e. The van der Waals surface area contributed by atoms with Gasteiger partial charge in [-0.25, -0.2) is 0 Å². The number of rotatable bonds is 9. The summed E-state index contributed by atoms with van der Waals surface area (Å²) < 4.78 is 12.1. The van der Waals surface area contributed by atoms with Crippen molar-refractivity contribution in [3.8, 4) is 11.5 Å². The van der Waals surface area contributed by atoms with Crippen molar-refractivity contribution < 1.29 is 14.3 Å². The standard InChI is InChI=1S/C24H21ClO3S/c1-3-6-18-7-4-5-8-22(18)28-16-19-15-17(10-12-21(19)27-2)9-11-20(26)23-13-14-24(25)29-23/h3-5,7-15H,1,6,16H2,2H3/b11-9+. The van der Waals surface area contributed by atoms with Crippen LogP contribution >= 0.6 is 22.9 Å². The second-order valence-electron chi connectivity index (χ2n) is 6.26. The molecule has 0 aliphatic heterocycles. The average Bonchev–Trinajstić information content (AvgIpc) is 3.18. The molecule has 0 spiro atoms. The molecule has 1 aromatic heterocycles. The van der Waals surface area contributed by atoms with Crippen LogP contribution in [0.2, 0.25) is 4.34 Å². The molecule has 3 aromatic rings. The third-order valence-electron chi connectivity index (χ3n) is 4.27. The first-order chi connectivity index (χ1) is 14.1. The van der Waals surface area contributed by atoms with E-state index in [4.69, 9.17) is 21.1 Å². The van der Waals surface area contributed by atoms with E-state index < -0.39 is 0 Å². The highest BCUT2D eigenvalue weighted by atomic mass is 35.5. The first-order valence-corrected chi connectivity index (χ1v) is 10.3. The molecule has 0 saturated carbocycles. The Morgan fingerprint density at radius 2 is 1.93 bits per heavy atom. The number of allylic oxidation sites excluding steroid dienone is 2. The quantitative estimate of drug-likeness (QED) is 0.220. The van der Waals surface area contributed by atoms with Crippen LogP contribution < -0.4 is 9.47 Å². The Balaban J connectivity index is 1.76. The summed E-state index contributed by atoms with van der Waals surface area (Å²) in [4.78, 5) is 12.9. The Morgan fingerprint density at radius 1 is 1.10 bits per heavy atom. The number of ketones is 1. The second-order valence-corrected chi connectivity index (χ2v) is 7.98. The van der Waals surface area contributed by atoms with Gasteiger partial charge in [0.05, 0.1) is 16.3 Å². The highest BCUT2D eigenvalue weighted by Gasteiger charge is 2.08. The lowest BCUT2D eigenvalue weighted by molar-refractivity contribution is 0.105. The zero-order chi connectivity index (χ0) is 20.6. The molecule has 148 valence electrons. The number of hydrogen-bond donors (Lipinski definition) is 0. The lowest BCUT2D eigenvalue weighted by Crippen LogP contribution is -2.01. The molecule has 1 heterocycles. The zero-order valence-corrected chi connectivity index (χ0v) is 17.6. The first-order valence-electron chi connectivity index (χ1n) is 9.07. The molecule has 0 aliphatic carbocycles. The fourth-order valence-electron chi connectivity index (χ4n) is 2.84. The lowest BCUT2D eigenvalue weighted by atomic mass is 10.1. The summed E-state index contributed by atoms with van der Waals surface area (Å²) in [5.41, 5.74) is 2.87. The Hall–Kier alpha value is -2.82. The number of para-hydroxylation sites is 1. The van der Waals surface area contributed by atoms with Crippen molar-refractivity contribution in [2.24, 2.45) is 0 Å². The van der Waals surface area contributed by atoms with Gasteiger partial charge in [0.1, 0.15) is 18.1 Å². The fourth-order valence-corrected chi connectivity index (χ4v) is 3.80. The van der Waals surface area contributed by atoms with E-state index in [1.165, 1.54) is 11.3 Å². The number of benzene rings is 2. The molecular formula is C24H21ClO3S. The molecule has 0 aliphatic rings. The Kier molecular flexibility index (Phi) is 7.28. The summed E-state index contributed by atoms with van der Waals surface area (Å²) in [6.45, 7) is 4.15. The summed E-state index contributed by atoms with van der Waals surface area (Å²) in [6.07, 6.45) is 5.93. The maximum absolute atomic E-state index is 12.3. The van der Waals surface area contributed by atoms with Gasteiger partial charge < -0.3 is 9.47 Å². The number of carbonyl (C=O) groups excluding carboxylic acids is 1. The van der Waals surface area contributed by atoms with E-state index >= 15 is 0 Å². The van der Waals surface area contributed by atoms with Gasteiger partial charge in [-0.2, -0.15) is 0 Å². The van der Waals surface area contributed by atoms with Crippen LogP contribution in [0.25, 0.3) is 6.08 Å². The summed E-state index contributed by atoms with van der Waals surface area (Å²) in [5, 5.41) is 0. The van der Waals surface area contributed by atoms with Crippen LogP contribution in [0.3, 0.4) is 0 Å². The maximum Gasteiger partial charge on any atom is 0.195 e. The van der Waals surface area contributed by atoms with Gasteiger partial charge in [0, 0.05) is 5.56 Å². The van der Waals surface area contributed by atoms with Crippen LogP contribution in [-0.4, -0.2) is 12.9 Å². The summed E-state index contributed by atoms with van der Waals surface area (Å²) in [7, 11) is 1.63. The van der Waals surface area contributed by atoms with Crippen molar-refractivity contribution in [3.63, 3.8) is 0 Å². The molecule has 0 amide bonds. The van der Waals surface area contributed by atoms with Gasteiger partial charge in [0.15, 0.2) is 5.78 Å². The monoisotopic (exact) mass is 424 g/mol. The van der Waals surface area contributed by atoms with Gasteiger partial charge in [-0.05, 0) is 54.0 Å². The van der Waals surface area contributed by atoms with Crippen molar-refractivity contribution in [1.29, 1.82) is 0 Å². The largest absolute Gasteiger partial charge is 0.496 e. The zero-order valence-electron chi connectivity index (χ0n) is 16.1. The Labute approximate surface area is 179 Å². The van der Waals surface area contributed by atoms with E-state index in [1.807, 2.05) is 48.5 Å². The molecule has 0 N–H and O–H groups in total. The minimum atomic E-state index is -0.0751. The van der Waals surface area contributed by atoms with Crippen LogP contribution in [0.5, 0.6) is 11.5 Å². The van der Waals surface area contributed by atoms with Crippen molar-refractivity contribution in [2.75, 3.05) is 7.11 Å². The van der Waals surface area contributed by atoms with E-state index in [9.17, 15) is 4.79 Å². The molecule has 3 rings (SSSR count). The molecule has 3 nitrogen and oxygen atoms in total. The van der Waals surface area contributed by atoms with Crippen molar-refractivity contribution in [2.45, 2.75) is 13.0 Å². The topological polar surface area (TPSA) is 35.5 Å². The Morgan fingerprint density at radius 3 is 2.66 bits per heavy atom. The predicted octanol–water partition coefficient (Wildman–Crippen LogP) is 6.61. The summed E-state index contributed by atoms with van der Waals surface area (Å²) >= 11 is 7.17. The number of halogens is 1. The smallest absolute Gasteiger partial charge is 0.195 e. The molecule has 0 radical (unpaired) electrons. The van der Waals surface area contributed by atoms with E-state index in [-0.39, 0.29) is 5.78 Å². The Bertz CT molecular complexity index is 1040. The summed E-state index contributed by atoms with van der Waals surface area (Å²) in [6, 6.07) is 17.1. The van der Waals surface area contributed by atoms with Crippen LogP contribution in [0.1, 0.15) is 26.4 Å². The average molecular weight is 425 g/mol. The van der Waals surface area contributed by atoms with Gasteiger partial charge in [-0.1, -0.05) is 48.0 Å². The van der Waals surface area contributed by atoms with Crippen LogP contribution in [0.15, 0.2) is 73.3 Å². The van der Waals surface area contributed by atoms with Crippen molar-refractivity contribution in [1.82, 2.24) is 0 Å². The normalized spacial score (nSPS) is 10.8. The number of methoxy groups -OCH3 is 1. The number of thiophene rings is 1. The minimum absolute atomic E-state index is 0.0751. The highest BCUT2D eigenvalue weighted by molar-refractivity contribution is 7.18. The number of ether oxygens (including phenoxy) is 2. The number of carbonyl (C=O) groups is 1. The first kappa shape index (κ1) is 20.9. The van der Waals surface area contributed by atoms with Gasteiger partial charge >= 0.3 is 0 Å². The molecule has 2 aromatic carbocycles. The molecule has 0 saturated heterocycles. The van der Waals surface area contributed by atoms with E-state index in [0.29, 0.717) is 15.8 Å². The summed E-state index contributed by atoms with van der Waals surface area (Å²) in [5.74, 6) is 1.48. The molecule has 29 heavy (non-hydrogen) atoms. The van der Waals surface area contributed by atoms with E-state index in [0.717, 1.165) is 34.6 Å². The number of hydrogen-bond acceptors (Lipinski definition) is 4. The third-order valence-corrected chi connectivity index (χ3v) is 5.51. The molecule has 0 atom stereocenters. The van der Waals surface area contributed by atoms with E-state index in [1.54, 1.807) is 31.4 Å². The molecular weight excluding hydrogens is 404 g/mol.